The summed E-state index contributed by atoms with van der Waals surface area (Å²) < 4.78 is 12.8. The van der Waals surface area contributed by atoms with Crippen LogP contribution in [-0.2, 0) is 17.6 Å². The van der Waals surface area contributed by atoms with E-state index in [1.54, 1.807) is 6.20 Å². The number of benzene rings is 3. The van der Waals surface area contributed by atoms with Crippen LogP contribution in [-0.4, -0.2) is 55.3 Å². The maximum absolute atomic E-state index is 12.4. The second kappa shape index (κ2) is 12.3. The number of nitrogens with one attached hydrogen (secondary N) is 2. The van der Waals surface area contributed by atoms with Crippen molar-refractivity contribution in [1.82, 2.24) is 9.88 Å². The van der Waals surface area contributed by atoms with Crippen molar-refractivity contribution in [3.05, 3.63) is 117 Å². The molecule has 7 heteroatoms. The van der Waals surface area contributed by atoms with Crippen LogP contribution >= 0.6 is 0 Å². The molecule has 3 aliphatic heterocycles. The van der Waals surface area contributed by atoms with E-state index in [0.717, 1.165) is 62.4 Å². The maximum atomic E-state index is 12.4. The minimum absolute atomic E-state index is 0.0727. The molecule has 222 valence electrons. The first kappa shape index (κ1) is 27.7. The highest BCUT2D eigenvalue weighted by Gasteiger charge is 2.29. The van der Waals surface area contributed by atoms with Gasteiger partial charge < -0.3 is 29.6 Å². The average molecular weight is 577 g/mol. The Bertz CT molecular complexity index is 1640. The molecule has 3 aromatic carbocycles. The standard InChI is InChI=1S/C36H40N4O3/c1-25-6-2-3-7-26(25)13-17-39-18-14-29(15-19-39)38-30-11-12-33-28(23-30)22-27-8-4-9-31(35(27)43-33)34-24-40(20-21-42-34)32-10-5-16-37-36(32)41/h2-12,16,23,29,34,38H,13-15,17-22,24H2,1H3,(H,37,41). The molecule has 0 amide bonds. The van der Waals surface area contributed by atoms with Crippen LogP contribution in [0.2, 0.25) is 0 Å². The number of nitrogens with zero attached hydrogens (tertiary/aromatic N) is 2. The van der Waals surface area contributed by atoms with Crippen LogP contribution < -0.4 is 20.5 Å². The molecule has 1 unspecified atom stereocenters. The van der Waals surface area contributed by atoms with Crippen LogP contribution in [0.5, 0.6) is 11.5 Å². The highest BCUT2D eigenvalue weighted by Crippen LogP contribution is 2.43. The van der Waals surface area contributed by atoms with Crippen molar-refractivity contribution in [3.8, 4) is 11.5 Å². The van der Waals surface area contributed by atoms with Gasteiger partial charge >= 0.3 is 0 Å². The highest BCUT2D eigenvalue weighted by molar-refractivity contribution is 5.59. The van der Waals surface area contributed by atoms with E-state index >= 15 is 0 Å². The zero-order valence-electron chi connectivity index (χ0n) is 24.9. The predicted octanol–water partition coefficient (Wildman–Crippen LogP) is 6.08. The van der Waals surface area contributed by atoms with Gasteiger partial charge in [-0.05, 0) is 73.2 Å². The second-order valence-electron chi connectivity index (χ2n) is 12.1. The number of hydrogen-bond acceptors (Lipinski definition) is 6. The molecule has 43 heavy (non-hydrogen) atoms. The van der Waals surface area contributed by atoms with E-state index in [1.165, 1.54) is 27.9 Å². The predicted molar refractivity (Wildman–Crippen MR) is 172 cm³/mol. The molecule has 2 N–H and O–H groups in total. The van der Waals surface area contributed by atoms with Crippen molar-refractivity contribution in [2.24, 2.45) is 0 Å². The fraction of sp³-hybridized carbons (Fsp3) is 0.361. The van der Waals surface area contributed by atoms with Crippen LogP contribution in [0.3, 0.4) is 0 Å². The quantitative estimate of drug-likeness (QED) is 0.245. The van der Waals surface area contributed by atoms with E-state index in [-0.39, 0.29) is 11.7 Å². The minimum Gasteiger partial charge on any atom is -0.456 e. The number of H-pyrrole nitrogens is 1. The lowest BCUT2D eigenvalue weighted by Gasteiger charge is -2.35. The molecular formula is C36H40N4O3. The Kier molecular flexibility index (Phi) is 7.92. The number of hydrogen-bond donors (Lipinski definition) is 2. The van der Waals surface area contributed by atoms with E-state index in [4.69, 9.17) is 9.47 Å². The Hall–Kier alpha value is -4.07. The lowest BCUT2D eigenvalue weighted by atomic mass is 9.95. The summed E-state index contributed by atoms with van der Waals surface area (Å²) in [6, 6.07) is 25.8. The van der Waals surface area contributed by atoms with Gasteiger partial charge in [-0.15, -0.1) is 0 Å². The van der Waals surface area contributed by atoms with Gasteiger partial charge in [-0.1, -0.05) is 42.5 Å². The first-order chi connectivity index (χ1) is 21.1. The third-order valence-electron chi connectivity index (χ3n) is 9.25. The summed E-state index contributed by atoms with van der Waals surface area (Å²) in [7, 11) is 0. The molecule has 4 heterocycles. The number of likely N-dealkylation sites (tertiary alicyclic amines) is 1. The third kappa shape index (κ3) is 6.05. The number of para-hydroxylation sites is 1. The molecule has 1 aromatic heterocycles. The number of rotatable bonds is 7. The molecule has 0 saturated carbocycles. The summed E-state index contributed by atoms with van der Waals surface area (Å²) in [4.78, 5) is 19.9. The molecule has 0 bridgehead atoms. The van der Waals surface area contributed by atoms with Crippen molar-refractivity contribution in [2.75, 3.05) is 49.5 Å². The average Bonchev–Trinajstić information content (AvgIpc) is 3.04. The summed E-state index contributed by atoms with van der Waals surface area (Å²) in [5, 5.41) is 3.81. The number of aromatic nitrogens is 1. The third-order valence-corrected chi connectivity index (χ3v) is 9.25. The van der Waals surface area contributed by atoms with Crippen molar-refractivity contribution in [1.29, 1.82) is 0 Å². The summed E-state index contributed by atoms with van der Waals surface area (Å²) in [6.07, 6.45) is 5.74. The minimum atomic E-state index is -0.173. The van der Waals surface area contributed by atoms with E-state index in [9.17, 15) is 4.79 Å². The lowest BCUT2D eigenvalue weighted by Crippen LogP contribution is -2.41. The van der Waals surface area contributed by atoms with Gasteiger partial charge in [0.15, 0.2) is 0 Å². The van der Waals surface area contributed by atoms with Crippen molar-refractivity contribution in [2.45, 2.75) is 44.8 Å². The Morgan fingerprint density at radius 3 is 2.70 bits per heavy atom. The van der Waals surface area contributed by atoms with E-state index in [1.807, 2.05) is 12.1 Å². The topological polar surface area (TPSA) is 69.8 Å². The largest absolute Gasteiger partial charge is 0.456 e. The van der Waals surface area contributed by atoms with Crippen LogP contribution in [0.4, 0.5) is 11.4 Å². The van der Waals surface area contributed by atoms with Gasteiger partial charge in [0.2, 0.25) is 0 Å². The van der Waals surface area contributed by atoms with Crippen LogP contribution in [0.15, 0.2) is 83.8 Å². The first-order valence-corrected chi connectivity index (χ1v) is 15.6. The second-order valence-corrected chi connectivity index (χ2v) is 12.1. The molecule has 2 saturated heterocycles. The summed E-state index contributed by atoms with van der Waals surface area (Å²) in [5.41, 5.74) is 8.04. The number of aromatic amines is 1. The van der Waals surface area contributed by atoms with Gasteiger partial charge in [0.1, 0.15) is 23.3 Å². The Labute approximate surface area is 253 Å². The molecule has 0 spiro atoms. The Morgan fingerprint density at radius 1 is 0.953 bits per heavy atom. The molecule has 2 fully saturated rings. The fourth-order valence-electron chi connectivity index (χ4n) is 6.77. The molecule has 0 aliphatic carbocycles. The van der Waals surface area contributed by atoms with Gasteiger partial charge in [-0.2, -0.15) is 0 Å². The van der Waals surface area contributed by atoms with E-state index in [2.05, 4.69) is 87.7 Å². The molecule has 0 radical (unpaired) electrons. The number of anilines is 2. The molecule has 7 nitrogen and oxygen atoms in total. The van der Waals surface area contributed by atoms with E-state index in [0.29, 0.717) is 31.4 Å². The number of piperidine rings is 1. The summed E-state index contributed by atoms with van der Waals surface area (Å²) in [6.45, 7) is 7.45. The van der Waals surface area contributed by atoms with Gasteiger partial charge in [-0.3, -0.25) is 4.79 Å². The van der Waals surface area contributed by atoms with Crippen molar-refractivity contribution < 1.29 is 9.47 Å². The normalized spacial score (nSPS) is 18.9. The summed E-state index contributed by atoms with van der Waals surface area (Å²) in [5.74, 6) is 1.80. The monoisotopic (exact) mass is 576 g/mol. The van der Waals surface area contributed by atoms with Crippen LogP contribution in [0.25, 0.3) is 0 Å². The first-order valence-electron chi connectivity index (χ1n) is 15.6. The van der Waals surface area contributed by atoms with Gasteiger partial charge in [0.25, 0.3) is 5.56 Å². The van der Waals surface area contributed by atoms with Crippen LogP contribution in [0, 0.1) is 6.92 Å². The number of aryl methyl sites for hydroxylation is 1. The number of ether oxygens (including phenoxy) is 2. The highest BCUT2D eigenvalue weighted by atomic mass is 16.5. The lowest BCUT2D eigenvalue weighted by molar-refractivity contribution is 0.0383. The Morgan fingerprint density at radius 2 is 1.84 bits per heavy atom. The zero-order valence-corrected chi connectivity index (χ0v) is 24.9. The van der Waals surface area contributed by atoms with Gasteiger partial charge in [-0.25, -0.2) is 0 Å². The van der Waals surface area contributed by atoms with Gasteiger partial charge in [0, 0.05) is 68.2 Å². The maximum Gasteiger partial charge on any atom is 0.271 e. The molecular weight excluding hydrogens is 536 g/mol. The number of pyridine rings is 1. The van der Waals surface area contributed by atoms with Crippen LogP contribution in [0.1, 0.15) is 46.8 Å². The molecule has 1 atom stereocenters. The molecule has 7 rings (SSSR count). The van der Waals surface area contributed by atoms with Crippen molar-refractivity contribution in [3.63, 3.8) is 0 Å². The fourth-order valence-corrected chi connectivity index (χ4v) is 6.77. The van der Waals surface area contributed by atoms with Gasteiger partial charge in [0.05, 0.1) is 6.61 Å². The SMILES string of the molecule is Cc1ccccc1CCN1CCC(Nc2ccc3c(c2)Cc2cccc(C4CN(c5ccc[nH]c5=O)CCO4)c2O3)CC1. The van der Waals surface area contributed by atoms with Crippen molar-refractivity contribution >= 4 is 11.4 Å². The smallest absolute Gasteiger partial charge is 0.271 e. The summed E-state index contributed by atoms with van der Waals surface area (Å²) >= 11 is 0. The zero-order chi connectivity index (χ0) is 29.2. The van der Waals surface area contributed by atoms with E-state index < -0.39 is 0 Å². The Balaban J connectivity index is 0.979. The number of morpholine rings is 1. The molecule has 4 aromatic rings. The number of fused-ring (bicyclic) bond motifs is 2. The molecule has 3 aliphatic rings.